The Kier molecular flexibility index (Phi) is 2.93. The Bertz CT molecular complexity index is 564. The molecule has 92 valence electrons. The van der Waals surface area contributed by atoms with E-state index in [0.29, 0.717) is 0 Å². The molecule has 0 fully saturated rings. The van der Waals surface area contributed by atoms with Gasteiger partial charge in [0.05, 0.1) is 9.93 Å². The van der Waals surface area contributed by atoms with Gasteiger partial charge in [-0.3, -0.25) is 10.3 Å². The quantitative estimate of drug-likeness (QED) is 0.897. The van der Waals surface area contributed by atoms with E-state index in [0.717, 1.165) is 0 Å². The molecule has 2 rings (SSSR count). The number of hydrogen-bond acceptors (Lipinski definition) is 4. The zero-order chi connectivity index (χ0) is 12.7. The molecule has 0 radical (unpaired) electrons. The molecule has 0 spiro atoms. The molecular formula is C11H12ClNO3S. The van der Waals surface area contributed by atoms with Crippen molar-refractivity contribution in [1.82, 2.24) is 5.48 Å². The monoisotopic (exact) mass is 273 g/mol. The van der Waals surface area contributed by atoms with Gasteiger partial charge in [0.25, 0.3) is 0 Å². The number of nitrogens with one attached hydrogen (secondary N) is 1. The first-order valence-corrected chi connectivity index (χ1v) is 6.86. The summed E-state index contributed by atoms with van der Waals surface area (Å²) in [6.07, 6.45) is 0. The first-order valence-electron chi connectivity index (χ1n) is 5.00. The number of benzene rings is 1. The first kappa shape index (κ1) is 12.4. The van der Waals surface area contributed by atoms with Gasteiger partial charge in [0.15, 0.2) is 5.03 Å². The van der Waals surface area contributed by atoms with Crippen LogP contribution in [0.4, 0.5) is 0 Å². The normalized spacial score (nSPS) is 19.2. The van der Waals surface area contributed by atoms with Gasteiger partial charge in [-0.15, -0.1) is 0 Å². The van der Waals surface area contributed by atoms with Gasteiger partial charge in [0.2, 0.25) is 9.84 Å². The molecule has 0 bridgehead atoms. The number of sulfone groups is 1. The van der Waals surface area contributed by atoms with Crippen molar-refractivity contribution in [2.24, 2.45) is 0 Å². The predicted molar refractivity (Wildman–Crippen MR) is 64.8 cm³/mol. The van der Waals surface area contributed by atoms with Gasteiger partial charge in [-0.25, -0.2) is 8.42 Å². The second kappa shape index (κ2) is 4.01. The summed E-state index contributed by atoms with van der Waals surface area (Å²) in [4.78, 5) is 5.32. The second-order valence-electron chi connectivity index (χ2n) is 4.17. The number of hydroxylamine groups is 1. The fourth-order valence-corrected chi connectivity index (χ4v) is 3.19. The molecule has 1 N–H and O–H groups in total. The van der Waals surface area contributed by atoms with E-state index in [4.69, 9.17) is 16.4 Å². The van der Waals surface area contributed by atoms with Crippen LogP contribution >= 0.6 is 11.6 Å². The molecule has 0 unspecified atom stereocenters. The van der Waals surface area contributed by atoms with E-state index in [2.05, 4.69) is 5.48 Å². The number of rotatable bonds is 2. The molecule has 1 aliphatic heterocycles. The Balaban J connectivity index is 2.53. The first-order chi connectivity index (χ1) is 7.86. The molecule has 1 heterocycles. The molecule has 0 aromatic heterocycles. The lowest BCUT2D eigenvalue weighted by atomic mass is 10.1. The van der Waals surface area contributed by atoms with Crippen LogP contribution in [0.2, 0.25) is 0 Å². The Morgan fingerprint density at radius 3 is 2.29 bits per heavy atom. The van der Waals surface area contributed by atoms with Gasteiger partial charge in [-0.2, -0.15) is 0 Å². The Morgan fingerprint density at radius 1 is 1.24 bits per heavy atom. The van der Waals surface area contributed by atoms with E-state index in [1.165, 1.54) is 12.1 Å². The van der Waals surface area contributed by atoms with Crippen molar-refractivity contribution >= 4 is 21.4 Å². The van der Waals surface area contributed by atoms with Gasteiger partial charge in [0, 0.05) is 0 Å². The standard InChI is InChI=1S/C11H12ClNO3S/c1-11(2)9(12)10(13-16-11)17(14,15)8-6-4-3-5-7-8/h3-7,13H,1-2H3. The van der Waals surface area contributed by atoms with Crippen molar-refractivity contribution in [2.75, 3.05) is 0 Å². The van der Waals surface area contributed by atoms with Crippen molar-refractivity contribution in [1.29, 1.82) is 0 Å². The smallest absolute Gasteiger partial charge is 0.224 e. The zero-order valence-electron chi connectivity index (χ0n) is 9.40. The SMILES string of the molecule is CC1(C)ONC(S(=O)(=O)c2ccccc2)=C1Cl. The highest BCUT2D eigenvalue weighted by atomic mass is 35.5. The summed E-state index contributed by atoms with van der Waals surface area (Å²) in [5.41, 5.74) is 1.56. The van der Waals surface area contributed by atoms with Crippen LogP contribution in [0.15, 0.2) is 45.3 Å². The molecule has 0 amide bonds. The highest BCUT2D eigenvalue weighted by Gasteiger charge is 2.39. The minimum absolute atomic E-state index is 0.0876. The predicted octanol–water partition coefficient (Wildman–Crippen LogP) is 2.18. The van der Waals surface area contributed by atoms with E-state index >= 15 is 0 Å². The van der Waals surface area contributed by atoms with E-state index in [-0.39, 0.29) is 15.0 Å². The summed E-state index contributed by atoms with van der Waals surface area (Å²) in [5, 5.41) is 0.0664. The third-order valence-electron chi connectivity index (χ3n) is 2.45. The highest BCUT2D eigenvalue weighted by Crippen LogP contribution is 2.35. The van der Waals surface area contributed by atoms with Crippen LogP contribution in [0.25, 0.3) is 0 Å². The van der Waals surface area contributed by atoms with Crippen LogP contribution < -0.4 is 5.48 Å². The molecule has 0 saturated heterocycles. The molecule has 1 aromatic rings. The third-order valence-corrected chi connectivity index (χ3v) is 4.92. The second-order valence-corrected chi connectivity index (χ2v) is 6.44. The molecule has 6 heteroatoms. The summed E-state index contributed by atoms with van der Waals surface area (Å²) >= 11 is 6.02. The van der Waals surface area contributed by atoms with Gasteiger partial charge >= 0.3 is 0 Å². The van der Waals surface area contributed by atoms with E-state index < -0.39 is 15.4 Å². The Hall–Kier alpha value is -1.04. The molecule has 0 saturated carbocycles. The van der Waals surface area contributed by atoms with E-state index in [9.17, 15) is 8.42 Å². The van der Waals surface area contributed by atoms with Crippen LogP contribution in [0.5, 0.6) is 0 Å². The van der Waals surface area contributed by atoms with Gasteiger partial charge in [0.1, 0.15) is 5.60 Å². The van der Waals surface area contributed by atoms with Crippen LogP contribution in [0, 0.1) is 0 Å². The Morgan fingerprint density at radius 2 is 1.82 bits per heavy atom. The lowest BCUT2D eigenvalue weighted by Gasteiger charge is -2.14. The van der Waals surface area contributed by atoms with Gasteiger partial charge < -0.3 is 0 Å². The maximum atomic E-state index is 12.2. The lowest BCUT2D eigenvalue weighted by molar-refractivity contribution is -0.0150. The van der Waals surface area contributed by atoms with Crippen LogP contribution in [0.3, 0.4) is 0 Å². The molecule has 0 aliphatic carbocycles. The molecule has 1 aliphatic rings. The maximum absolute atomic E-state index is 12.2. The maximum Gasteiger partial charge on any atom is 0.224 e. The molecule has 17 heavy (non-hydrogen) atoms. The van der Waals surface area contributed by atoms with Crippen molar-refractivity contribution in [2.45, 2.75) is 24.3 Å². The molecule has 4 nitrogen and oxygen atoms in total. The topological polar surface area (TPSA) is 55.4 Å². The van der Waals surface area contributed by atoms with Crippen molar-refractivity contribution < 1.29 is 13.3 Å². The summed E-state index contributed by atoms with van der Waals surface area (Å²) < 4.78 is 24.5. The molecular weight excluding hydrogens is 262 g/mol. The minimum atomic E-state index is -3.65. The molecule has 0 atom stereocenters. The van der Waals surface area contributed by atoms with E-state index in [1.54, 1.807) is 32.0 Å². The number of halogens is 1. The summed E-state index contributed by atoms with van der Waals surface area (Å²) in [5.74, 6) is 0. The largest absolute Gasteiger partial charge is 0.264 e. The van der Waals surface area contributed by atoms with Crippen molar-refractivity contribution in [3.8, 4) is 0 Å². The fourth-order valence-electron chi connectivity index (χ4n) is 1.43. The molecule has 1 aromatic carbocycles. The zero-order valence-corrected chi connectivity index (χ0v) is 11.0. The minimum Gasteiger partial charge on any atom is -0.264 e. The Labute approximate surface area is 105 Å². The van der Waals surface area contributed by atoms with Crippen LogP contribution in [-0.2, 0) is 14.7 Å². The summed E-state index contributed by atoms with van der Waals surface area (Å²) in [6, 6.07) is 8.08. The summed E-state index contributed by atoms with van der Waals surface area (Å²) in [6.45, 7) is 3.38. The van der Waals surface area contributed by atoms with Crippen molar-refractivity contribution in [3.05, 3.63) is 40.4 Å². The van der Waals surface area contributed by atoms with E-state index in [1.807, 2.05) is 0 Å². The van der Waals surface area contributed by atoms with Crippen molar-refractivity contribution in [3.63, 3.8) is 0 Å². The average Bonchev–Trinajstić information content (AvgIpc) is 2.56. The lowest BCUT2D eigenvalue weighted by Crippen LogP contribution is -2.23. The van der Waals surface area contributed by atoms with Gasteiger partial charge in [-0.05, 0) is 26.0 Å². The highest BCUT2D eigenvalue weighted by molar-refractivity contribution is 7.95. The van der Waals surface area contributed by atoms with Gasteiger partial charge in [-0.1, -0.05) is 29.8 Å². The number of hydrogen-bond donors (Lipinski definition) is 1. The van der Waals surface area contributed by atoms with Crippen LogP contribution in [0.1, 0.15) is 13.8 Å². The summed E-state index contributed by atoms with van der Waals surface area (Å²) in [7, 11) is -3.65. The van der Waals surface area contributed by atoms with Crippen LogP contribution in [-0.4, -0.2) is 14.0 Å². The average molecular weight is 274 g/mol. The fraction of sp³-hybridized carbons (Fsp3) is 0.273. The third kappa shape index (κ3) is 2.06.